The lowest BCUT2D eigenvalue weighted by Gasteiger charge is -2.07. The summed E-state index contributed by atoms with van der Waals surface area (Å²) in [5.41, 5.74) is 0. The molecule has 1 aliphatic carbocycles. The zero-order valence-electron chi connectivity index (χ0n) is 2.85. The Kier molecular flexibility index (Phi) is 0.189. The molecule has 1 aliphatic heterocycles. The Morgan fingerprint density at radius 3 is 2.60 bits per heavy atom. The molecule has 0 aromatic rings. The first kappa shape index (κ1) is 2.19. The smallest absolute Gasteiger partial charge is 0.0665 e. The lowest BCUT2D eigenvalue weighted by Crippen LogP contribution is -2.12. The summed E-state index contributed by atoms with van der Waals surface area (Å²) in [5, 5.41) is 0. The van der Waals surface area contributed by atoms with E-state index in [0.29, 0.717) is 6.10 Å². The molecule has 2 unspecified atom stereocenters. The molecule has 27 valence electrons. The molecular weight excluding hydrogens is 64.0 g/mol. The van der Waals surface area contributed by atoms with Crippen LogP contribution in [0.2, 0.25) is 0 Å². The third-order valence-corrected chi connectivity index (χ3v) is 1.20. The van der Waals surface area contributed by atoms with E-state index in [1.165, 1.54) is 0 Å². The molecule has 1 saturated carbocycles. The lowest BCUT2D eigenvalue weighted by molar-refractivity contribution is 0.0238. The van der Waals surface area contributed by atoms with Gasteiger partial charge >= 0.3 is 0 Å². The second kappa shape index (κ2) is 0.432. The zero-order chi connectivity index (χ0) is 3.28. The molecule has 1 saturated heterocycles. The number of ether oxygens (including phenoxy) is 1. The maximum Gasteiger partial charge on any atom is 0.0665 e. The SMILES string of the molecule is [CH]1C2COC12. The Morgan fingerprint density at radius 2 is 2.60 bits per heavy atom. The third-order valence-electron chi connectivity index (χ3n) is 1.20. The molecule has 1 nitrogen and oxygen atoms in total. The second-order valence-electron chi connectivity index (χ2n) is 1.65. The maximum atomic E-state index is 4.95. The minimum Gasteiger partial charge on any atom is -0.377 e. The van der Waals surface area contributed by atoms with E-state index >= 15 is 0 Å². The summed E-state index contributed by atoms with van der Waals surface area (Å²) < 4.78 is 4.95. The van der Waals surface area contributed by atoms with Crippen LogP contribution < -0.4 is 0 Å². The van der Waals surface area contributed by atoms with Gasteiger partial charge in [-0.1, -0.05) is 0 Å². The Balaban J connectivity index is 2.19. The molecule has 0 amide bonds. The summed E-state index contributed by atoms with van der Waals surface area (Å²) in [6.45, 7) is 1.00. The van der Waals surface area contributed by atoms with Gasteiger partial charge in [0.15, 0.2) is 0 Å². The van der Waals surface area contributed by atoms with Crippen LogP contribution in [0.15, 0.2) is 0 Å². The molecule has 2 atom stereocenters. The first-order valence-corrected chi connectivity index (χ1v) is 1.93. The van der Waals surface area contributed by atoms with E-state index in [1.54, 1.807) is 0 Å². The van der Waals surface area contributed by atoms with Crippen LogP contribution >= 0.6 is 0 Å². The molecule has 5 heavy (non-hydrogen) atoms. The van der Waals surface area contributed by atoms with Gasteiger partial charge in [-0.25, -0.2) is 0 Å². The van der Waals surface area contributed by atoms with Crippen molar-refractivity contribution in [3.05, 3.63) is 6.42 Å². The van der Waals surface area contributed by atoms with Gasteiger partial charge in [0.2, 0.25) is 0 Å². The quantitative estimate of drug-likeness (QED) is 0.395. The molecular formula is C4H5O. The molecule has 0 aromatic heterocycles. The number of rotatable bonds is 0. The topological polar surface area (TPSA) is 9.23 Å². The van der Waals surface area contributed by atoms with Crippen LogP contribution in [-0.2, 0) is 4.74 Å². The van der Waals surface area contributed by atoms with Crippen LogP contribution in [-0.4, -0.2) is 12.7 Å². The van der Waals surface area contributed by atoms with E-state index in [9.17, 15) is 0 Å². The normalized spacial score (nSPS) is 57.6. The Labute approximate surface area is 30.9 Å². The van der Waals surface area contributed by atoms with Crippen LogP contribution in [0.1, 0.15) is 0 Å². The molecule has 1 heteroatoms. The van der Waals surface area contributed by atoms with E-state index in [0.717, 1.165) is 12.5 Å². The molecule has 1 heterocycles. The van der Waals surface area contributed by atoms with Gasteiger partial charge in [-0.15, -0.1) is 0 Å². The highest BCUT2D eigenvalue weighted by Gasteiger charge is 2.47. The predicted octanol–water partition coefficient (Wildman–Crippen LogP) is 0.219. The van der Waals surface area contributed by atoms with E-state index < -0.39 is 0 Å². The summed E-state index contributed by atoms with van der Waals surface area (Å²) in [4.78, 5) is 0. The molecule has 2 aliphatic rings. The van der Waals surface area contributed by atoms with Gasteiger partial charge in [-0.3, -0.25) is 0 Å². The third kappa shape index (κ3) is 0.127. The van der Waals surface area contributed by atoms with Gasteiger partial charge in [-0.2, -0.15) is 0 Å². The first-order valence-electron chi connectivity index (χ1n) is 1.93. The van der Waals surface area contributed by atoms with Crippen LogP contribution in [0.25, 0.3) is 0 Å². The summed E-state index contributed by atoms with van der Waals surface area (Å²) in [6.07, 6.45) is 2.83. The van der Waals surface area contributed by atoms with E-state index in [-0.39, 0.29) is 0 Å². The fourth-order valence-electron chi connectivity index (χ4n) is 0.609. The largest absolute Gasteiger partial charge is 0.377 e. The Bertz CT molecular complexity index is 48.7. The van der Waals surface area contributed by atoms with Crippen LogP contribution in [0.3, 0.4) is 0 Å². The highest BCUT2D eigenvalue weighted by molar-refractivity contribution is 5.13. The first-order chi connectivity index (χ1) is 2.47. The van der Waals surface area contributed by atoms with Gasteiger partial charge in [0.1, 0.15) is 0 Å². The summed E-state index contributed by atoms with van der Waals surface area (Å²) in [7, 11) is 0. The fourth-order valence-corrected chi connectivity index (χ4v) is 0.609. The minimum atomic E-state index is 0.606. The second-order valence-corrected chi connectivity index (χ2v) is 1.65. The van der Waals surface area contributed by atoms with Crippen molar-refractivity contribution in [2.75, 3.05) is 6.61 Å². The zero-order valence-corrected chi connectivity index (χ0v) is 2.85. The molecule has 0 bridgehead atoms. The highest BCUT2D eigenvalue weighted by atomic mass is 16.5. The van der Waals surface area contributed by atoms with Crippen molar-refractivity contribution in [3.63, 3.8) is 0 Å². The van der Waals surface area contributed by atoms with Gasteiger partial charge in [0, 0.05) is 5.92 Å². The highest BCUT2D eigenvalue weighted by Crippen LogP contribution is 2.41. The average Bonchev–Trinajstić information content (AvgIpc) is 1.74. The number of hydrogen-bond donors (Lipinski definition) is 0. The molecule has 0 N–H and O–H groups in total. The average molecular weight is 69.1 g/mol. The molecule has 0 aromatic carbocycles. The van der Waals surface area contributed by atoms with Crippen molar-refractivity contribution in [3.8, 4) is 0 Å². The van der Waals surface area contributed by atoms with Crippen molar-refractivity contribution in [1.29, 1.82) is 0 Å². The molecule has 1 radical (unpaired) electrons. The van der Waals surface area contributed by atoms with Gasteiger partial charge < -0.3 is 4.74 Å². The van der Waals surface area contributed by atoms with Gasteiger partial charge in [0.25, 0.3) is 0 Å². The van der Waals surface area contributed by atoms with E-state index in [4.69, 9.17) is 4.74 Å². The standard InChI is InChI=1S/C4H5O/c1-3-2-5-4(1)3/h1,3-4H,2H2. The van der Waals surface area contributed by atoms with Crippen molar-refractivity contribution < 1.29 is 4.74 Å². The monoisotopic (exact) mass is 69.0 g/mol. The maximum absolute atomic E-state index is 4.95. The summed E-state index contributed by atoms with van der Waals surface area (Å²) in [5.74, 6) is 0.884. The van der Waals surface area contributed by atoms with E-state index in [1.807, 2.05) is 0 Å². The molecule has 2 rings (SSSR count). The molecule has 2 fully saturated rings. The van der Waals surface area contributed by atoms with Crippen molar-refractivity contribution in [2.24, 2.45) is 5.92 Å². The van der Waals surface area contributed by atoms with Crippen LogP contribution in [0, 0.1) is 12.3 Å². The predicted molar refractivity (Wildman–Crippen MR) is 17.5 cm³/mol. The summed E-state index contributed by atoms with van der Waals surface area (Å²) in [6, 6.07) is 0. The van der Waals surface area contributed by atoms with Crippen LogP contribution in [0.4, 0.5) is 0 Å². The Hall–Kier alpha value is -0.0400. The van der Waals surface area contributed by atoms with Crippen molar-refractivity contribution in [2.45, 2.75) is 6.10 Å². The lowest BCUT2D eigenvalue weighted by atomic mass is 10.4. The van der Waals surface area contributed by atoms with Gasteiger partial charge in [-0.05, 0) is 6.42 Å². The molecule has 0 spiro atoms. The van der Waals surface area contributed by atoms with E-state index in [2.05, 4.69) is 6.42 Å². The van der Waals surface area contributed by atoms with Crippen molar-refractivity contribution >= 4 is 0 Å². The Morgan fingerprint density at radius 1 is 1.80 bits per heavy atom. The fraction of sp³-hybridized carbons (Fsp3) is 0.750. The minimum absolute atomic E-state index is 0.606. The van der Waals surface area contributed by atoms with Crippen LogP contribution in [0.5, 0.6) is 0 Å². The van der Waals surface area contributed by atoms with Crippen molar-refractivity contribution in [1.82, 2.24) is 0 Å². The number of fused-ring (bicyclic) bond motifs is 1. The number of hydrogen-bond acceptors (Lipinski definition) is 1. The summed E-state index contributed by atoms with van der Waals surface area (Å²) >= 11 is 0. The van der Waals surface area contributed by atoms with Gasteiger partial charge in [0.05, 0.1) is 12.7 Å².